The van der Waals surface area contributed by atoms with E-state index in [0.717, 1.165) is 0 Å². The Bertz CT molecular complexity index is 4320. The predicted octanol–water partition coefficient (Wildman–Crippen LogP) is 20.8. The highest BCUT2D eigenvalue weighted by Gasteiger charge is 2.21. The van der Waals surface area contributed by atoms with Gasteiger partial charge in [-0.1, -0.05) is 285 Å². The molecule has 14 aromatic rings. The van der Waals surface area contributed by atoms with Crippen molar-refractivity contribution in [2.75, 3.05) is 0 Å². The maximum absolute atomic E-state index is 2.35. The van der Waals surface area contributed by atoms with Crippen molar-refractivity contribution in [2.45, 2.75) is 0 Å². The van der Waals surface area contributed by atoms with Crippen molar-refractivity contribution in [3.8, 4) is 89.0 Å². The van der Waals surface area contributed by atoms with Gasteiger partial charge in [0.25, 0.3) is 0 Å². The van der Waals surface area contributed by atoms with Crippen molar-refractivity contribution in [1.82, 2.24) is 0 Å². The van der Waals surface area contributed by atoms with E-state index >= 15 is 0 Å². The molecular weight excluding hydrogens is 889 g/mol. The van der Waals surface area contributed by atoms with Gasteiger partial charge in [-0.25, -0.2) is 0 Å². The highest BCUT2D eigenvalue weighted by molar-refractivity contribution is 6.23. The molecule has 14 aromatic carbocycles. The second-order valence-corrected chi connectivity index (χ2v) is 19.4. The summed E-state index contributed by atoms with van der Waals surface area (Å²) in [7, 11) is 0. The van der Waals surface area contributed by atoms with Crippen LogP contribution in [0.25, 0.3) is 143 Å². The van der Waals surface area contributed by atoms with Gasteiger partial charge in [-0.3, -0.25) is 0 Å². The predicted molar refractivity (Wildman–Crippen MR) is 317 cm³/mol. The van der Waals surface area contributed by atoms with E-state index in [-0.39, 0.29) is 0 Å². The van der Waals surface area contributed by atoms with Gasteiger partial charge in [0.2, 0.25) is 0 Å². The number of fused-ring (bicyclic) bond motifs is 5. The molecule has 0 amide bonds. The zero-order valence-corrected chi connectivity index (χ0v) is 40.7. The van der Waals surface area contributed by atoms with Crippen LogP contribution in [0.4, 0.5) is 0 Å². The van der Waals surface area contributed by atoms with Gasteiger partial charge in [0.1, 0.15) is 0 Å². The molecule has 0 spiro atoms. The minimum absolute atomic E-state index is 1.20. The van der Waals surface area contributed by atoms with E-state index in [0.29, 0.717) is 0 Å². The van der Waals surface area contributed by atoms with Crippen molar-refractivity contribution >= 4 is 53.9 Å². The lowest BCUT2D eigenvalue weighted by Crippen LogP contribution is -1.93. The van der Waals surface area contributed by atoms with Crippen molar-refractivity contribution in [2.24, 2.45) is 0 Å². The number of rotatable bonds is 8. The third-order valence-corrected chi connectivity index (χ3v) is 15.3. The summed E-state index contributed by atoms with van der Waals surface area (Å²) in [4.78, 5) is 0. The van der Waals surface area contributed by atoms with Gasteiger partial charge in [0, 0.05) is 0 Å². The highest BCUT2D eigenvalue weighted by atomic mass is 14.2. The molecule has 344 valence electrons. The van der Waals surface area contributed by atoms with Gasteiger partial charge in [-0.15, -0.1) is 0 Å². The average molecular weight is 937 g/mol. The van der Waals surface area contributed by atoms with Crippen LogP contribution in [0.3, 0.4) is 0 Å². The normalized spacial score (nSPS) is 11.5. The summed E-state index contributed by atoms with van der Waals surface area (Å²) >= 11 is 0. The molecule has 0 radical (unpaired) electrons. The van der Waals surface area contributed by atoms with E-state index in [2.05, 4.69) is 291 Å². The fraction of sp³-hybridized carbons (Fsp3) is 0. The number of hydrogen-bond acceptors (Lipinski definition) is 0. The minimum atomic E-state index is 1.20. The van der Waals surface area contributed by atoms with Crippen LogP contribution < -0.4 is 0 Å². The van der Waals surface area contributed by atoms with Crippen LogP contribution in [0.5, 0.6) is 0 Å². The van der Waals surface area contributed by atoms with Crippen molar-refractivity contribution in [3.05, 3.63) is 291 Å². The SMILES string of the molecule is c1ccc(-c2cccc(-c3c4ccccc4c(-c4ccc(-c5ccc(-c6ccc(-c7c8ccccc8c(-c8ccccc8-c8ccccc8)c8ccccc78)cc6)c6ccccc56)cc4)c4ccccc34)c2)cc1. The molecule has 0 aromatic heterocycles. The van der Waals surface area contributed by atoms with Crippen molar-refractivity contribution in [3.63, 3.8) is 0 Å². The van der Waals surface area contributed by atoms with Gasteiger partial charge < -0.3 is 0 Å². The molecule has 0 heteroatoms. The molecule has 74 heavy (non-hydrogen) atoms. The molecule has 0 aliphatic heterocycles. The first kappa shape index (κ1) is 43.2. The Kier molecular flexibility index (Phi) is 10.6. The molecule has 0 saturated heterocycles. The number of benzene rings is 14. The Morgan fingerprint density at radius 2 is 0.405 bits per heavy atom. The Balaban J connectivity index is 0.834. The maximum atomic E-state index is 2.35. The van der Waals surface area contributed by atoms with Crippen molar-refractivity contribution < 1.29 is 0 Å². The Hall–Kier alpha value is -9.62. The first-order valence-corrected chi connectivity index (χ1v) is 25.7. The lowest BCUT2D eigenvalue weighted by Gasteiger charge is -2.20. The van der Waals surface area contributed by atoms with Crippen LogP contribution in [-0.2, 0) is 0 Å². The van der Waals surface area contributed by atoms with E-state index in [4.69, 9.17) is 0 Å². The summed E-state index contributed by atoms with van der Waals surface area (Å²) in [6, 6.07) is 107. The number of hydrogen-bond donors (Lipinski definition) is 0. The monoisotopic (exact) mass is 936 g/mol. The lowest BCUT2D eigenvalue weighted by molar-refractivity contribution is 1.60. The van der Waals surface area contributed by atoms with Crippen LogP contribution in [0.15, 0.2) is 291 Å². The van der Waals surface area contributed by atoms with Crippen LogP contribution in [-0.4, -0.2) is 0 Å². The molecule has 0 aliphatic carbocycles. The fourth-order valence-electron chi connectivity index (χ4n) is 12.0. The second kappa shape index (κ2) is 18.2. The fourth-order valence-corrected chi connectivity index (χ4v) is 12.0. The molecule has 0 bridgehead atoms. The van der Waals surface area contributed by atoms with Gasteiger partial charge in [-0.05, 0) is 149 Å². The summed E-state index contributed by atoms with van der Waals surface area (Å²) in [5.74, 6) is 0. The topological polar surface area (TPSA) is 0 Å². The molecule has 0 aliphatic rings. The van der Waals surface area contributed by atoms with Gasteiger partial charge in [0.15, 0.2) is 0 Å². The van der Waals surface area contributed by atoms with Gasteiger partial charge in [0.05, 0.1) is 0 Å². The molecule has 0 unspecified atom stereocenters. The maximum Gasteiger partial charge on any atom is -0.00201 e. The smallest absolute Gasteiger partial charge is 0.00201 e. The first-order valence-electron chi connectivity index (χ1n) is 25.7. The third kappa shape index (κ3) is 7.30. The van der Waals surface area contributed by atoms with Gasteiger partial charge >= 0.3 is 0 Å². The van der Waals surface area contributed by atoms with Crippen LogP contribution in [0.1, 0.15) is 0 Å². The molecule has 0 nitrogen and oxygen atoms in total. The molecule has 0 N–H and O–H groups in total. The molecule has 14 rings (SSSR count). The van der Waals surface area contributed by atoms with Crippen molar-refractivity contribution in [1.29, 1.82) is 0 Å². The Labute approximate surface area is 431 Å². The third-order valence-electron chi connectivity index (χ3n) is 15.3. The van der Waals surface area contributed by atoms with E-state index < -0.39 is 0 Å². The summed E-state index contributed by atoms with van der Waals surface area (Å²) in [5, 5.41) is 12.5. The van der Waals surface area contributed by atoms with E-state index in [1.165, 1.54) is 143 Å². The molecule has 0 saturated carbocycles. The second-order valence-electron chi connectivity index (χ2n) is 19.4. The average Bonchev–Trinajstić information content (AvgIpc) is 3.48. The molecular formula is C74H48. The molecule has 0 fully saturated rings. The first-order chi connectivity index (χ1) is 36.7. The zero-order valence-electron chi connectivity index (χ0n) is 40.7. The van der Waals surface area contributed by atoms with Crippen LogP contribution in [0, 0.1) is 0 Å². The minimum Gasteiger partial charge on any atom is -0.0622 e. The highest BCUT2D eigenvalue weighted by Crippen LogP contribution is 2.48. The summed E-state index contributed by atoms with van der Waals surface area (Å²) < 4.78 is 0. The summed E-state index contributed by atoms with van der Waals surface area (Å²) in [6.45, 7) is 0. The zero-order chi connectivity index (χ0) is 49.0. The van der Waals surface area contributed by atoms with E-state index in [1.807, 2.05) is 0 Å². The summed E-state index contributed by atoms with van der Waals surface area (Å²) in [5.41, 5.74) is 19.7. The van der Waals surface area contributed by atoms with Crippen LogP contribution >= 0.6 is 0 Å². The Morgan fingerprint density at radius 1 is 0.122 bits per heavy atom. The van der Waals surface area contributed by atoms with E-state index in [9.17, 15) is 0 Å². The molecule has 0 atom stereocenters. The van der Waals surface area contributed by atoms with E-state index in [1.54, 1.807) is 0 Å². The summed E-state index contributed by atoms with van der Waals surface area (Å²) in [6.07, 6.45) is 0. The Morgan fingerprint density at radius 3 is 0.838 bits per heavy atom. The largest absolute Gasteiger partial charge is 0.0622 e. The van der Waals surface area contributed by atoms with Crippen LogP contribution in [0.2, 0.25) is 0 Å². The molecule has 0 heterocycles. The quantitative estimate of drug-likeness (QED) is 0.133. The lowest BCUT2D eigenvalue weighted by atomic mass is 9.83. The van der Waals surface area contributed by atoms with Gasteiger partial charge in [-0.2, -0.15) is 0 Å². The standard InChI is InChI=1S/C74H48/c1-3-20-49(21-4-1)55-24-19-25-56(48-55)73-65-32-13-11-30-63(65)71(64-31-12-14-33-66(64)73)53-42-38-51(39-43-53)58-46-47-59(61-28-9-8-27-60(58)61)52-40-44-54(45-41-52)72-67-34-15-17-36-69(67)74(70-37-18-16-35-68(70)72)62-29-10-7-26-57(62)50-22-5-2-6-23-50/h1-48H.